The summed E-state index contributed by atoms with van der Waals surface area (Å²) >= 11 is 1.26. The molecule has 0 aromatic carbocycles. The topological polar surface area (TPSA) is 83.4 Å². The van der Waals surface area contributed by atoms with Crippen LogP contribution in [0.15, 0.2) is 40.5 Å². The summed E-state index contributed by atoms with van der Waals surface area (Å²) in [5.74, 6) is -0.201. The van der Waals surface area contributed by atoms with E-state index in [0.29, 0.717) is 16.4 Å². The molecule has 0 saturated carbocycles. The smallest absolute Gasteiger partial charge is 0.291 e. The lowest BCUT2D eigenvalue weighted by Crippen LogP contribution is -2.29. The Morgan fingerprint density at radius 3 is 2.96 bits per heavy atom. The highest BCUT2D eigenvalue weighted by atomic mass is 32.1. The van der Waals surface area contributed by atoms with Gasteiger partial charge in [0.05, 0.1) is 16.1 Å². The van der Waals surface area contributed by atoms with Gasteiger partial charge in [0.25, 0.3) is 11.8 Å². The summed E-state index contributed by atoms with van der Waals surface area (Å²) in [6.07, 6.45) is 4.51. The Bertz CT molecular complexity index is 762. The van der Waals surface area contributed by atoms with Crippen LogP contribution in [-0.2, 0) is 0 Å². The molecule has 0 aliphatic carbocycles. The molecular formula is C17H19N3O3S. The third-order valence-corrected chi connectivity index (χ3v) is 4.89. The Labute approximate surface area is 143 Å². The number of rotatable bonds is 5. The molecule has 2 amide bonds. The first kappa shape index (κ1) is 16.5. The molecule has 0 radical (unpaired) electrons. The van der Waals surface area contributed by atoms with E-state index in [9.17, 15) is 9.59 Å². The second-order valence-corrected chi connectivity index (χ2v) is 6.61. The van der Waals surface area contributed by atoms with Crippen molar-refractivity contribution in [3.8, 4) is 0 Å². The van der Waals surface area contributed by atoms with Crippen molar-refractivity contribution in [3.05, 3.63) is 52.3 Å². The average molecular weight is 345 g/mol. The summed E-state index contributed by atoms with van der Waals surface area (Å²) < 4.78 is 5.06. The number of furan rings is 1. The number of amides is 2. The van der Waals surface area contributed by atoms with Crippen LogP contribution in [0.25, 0.3) is 0 Å². The first-order valence-electron chi connectivity index (χ1n) is 7.75. The van der Waals surface area contributed by atoms with Crippen molar-refractivity contribution in [1.82, 2.24) is 10.6 Å². The van der Waals surface area contributed by atoms with Gasteiger partial charge in [-0.3, -0.25) is 9.59 Å². The first-order chi connectivity index (χ1) is 11.6. The molecule has 0 atom stereocenters. The lowest BCUT2D eigenvalue weighted by molar-refractivity contribution is 0.0958. The van der Waals surface area contributed by atoms with Crippen LogP contribution in [0.3, 0.4) is 0 Å². The normalized spacial score (nSPS) is 14.1. The standard InChI is InChI=1S/C17H19N3O3S/c1-11-9-14(20-16(21)13-3-2-8-23-13)24-15(11)17(22)19-10-12-4-6-18-7-5-12/h2-4,8-9,18H,5-7,10H2,1H3,(H,19,22)(H,20,21). The van der Waals surface area contributed by atoms with Gasteiger partial charge in [0.1, 0.15) is 0 Å². The summed E-state index contributed by atoms with van der Waals surface area (Å²) in [6, 6.07) is 5.04. The van der Waals surface area contributed by atoms with E-state index < -0.39 is 0 Å². The van der Waals surface area contributed by atoms with Crippen molar-refractivity contribution in [2.24, 2.45) is 0 Å². The van der Waals surface area contributed by atoms with E-state index in [2.05, 4.69) is 22.0 Å². The van der Waals surface area contributed by atoms with Gasteiger partial charge in [-0.1, -0.05) is 11.6 Å². The fourth-order valence-electron chi connectivity index (χ4n) is 2.45. The third-order valence-electron chi connectivity index (χ3n) is 3.74. The molecule has 3 rings (SSSR count). The Morgan fingerprint density at radius 2 is 2.25 bits per heavy atom. The van der Waals surface area contributed by atoms with Crippen LogP contribution in [0, 0.1) is 6.92 Å². The number of anilines is 1. The highest BCUT2D eigenvalue weighted by Crippen LogP contribution is 2.27. The van der Waals surface area contributed by atoms with Crippen LogP contribution in [0.4, 0.5) is 5.00 Å². The molecule has 126 valence electrons. The van der Waals surface area contributed by atoms with Crippen molar-refractivity contribution in [2.45, 2.75) is 13.3 Å². The van der Waals surface area contributed by atoms with Gasteiger partial charge >= 0.3 is 0 Å². The van der Waals surface area contributed by atoms with E-state index in [-0.39, 0.29) is 17.6 Å². The third kappa shape index (κ3) is 3.93. The van der Waals surface area contributed by atoms with Crippen LogP contribution in [-0.4, -0.2) is 31.4 Å². The van der Waals surface area contributed by atoms with E-state index in [1.54, 1.807) is 18.2 Å². The van der Waals surface area contributed by atoms with Crippen molar-refractivity contribution >= 4 is 28.2 Å². The summed E-state index contributed by atoms with van der Waals surface area (Å²) in [5.41, 5.74) is 2.08. The largest absolute Gasteiger partial charge is 0.459 e. The number of nitrogens with one attached hydrogen (secondary N) is 3. The molecule has 3 heterocycles. The Hall–Kier alpha value is -2.38. The summed E-state index contributed by atoms with van der Waals surface area (Å²) in [5, 5.41) is 9.57. The van der Waals surface area contributed by atoms with Gasteiger partial charge in [-0.2, -0.15) is 0 Å². The van der Waals surface area contributed by atoms with Crippen LogP contribution in [0.2, 0.25) is 0 Å². The zero-order valence-electron chi connectivity index (χ0n) is 13.3. The van der Waals surface area contributed by atoms with E-state index in [1.807, 2.05) is 6.92 Å². The minimum absolute atomic E-state index is 0.115. The van der Waals surface area contributed by atoms with Gasteiger partial charge in [-0.05, 0) is 43.7 Å². The molecular weight excluding hydrogens is 326 g/mol. The number of carbonyl (C=O) groups excluding carboxylic acids is 2. The minimum atomic E-state index is -0.326. The second kappa shape index (κ2) is 7.46. The SMILES string of the molecule is Cc1cc(NC(=O)c2ccco2)sc1C(=O)NCC1=CCNCC1. The fraction of sp³-hybridized carbons (Fsp3) is 0.294. The van der Waals surface area contributed by atoms with Gasteiger partial charge in [-0.15, -0.1) is 11.3 Å². The monoisotopic (exact) mass is 345 g/mol. The highest BCUT2D eigenvalue weighted by Gasteiger charge is 2.16. The Kier molecular flexibility index (Phi) is 5.12. The number of hydrogen-bond donors (Lipinski definition) is 3. The van der Waals surface area contributed by atoms with E-state index in [4.69, 9.17) is 4.42 Å². The van der Waals surface area contributed by atoms with Crippen molar-refractivity contribution in [1.29, 1.82) is 0 Å². The zero-order valence-corrected chi connectivity index (χ0v) is 14.2. The van der Waals surface area contributed by atoms with E-state index >= 15 is 0 Å². The Morgan fingerprint density at radius 1 is 1.38 bits per heavy atom. The average Bonchev–Trinajstić information content (AvgIpc) is 3.23. The van der Waals surface area contributed by atoms with E-state index in [1.165, 1.54) is 23.2 Å². The summed E-state index contributed by atoms with van der Waals surface area (Å²) in [4.78, 5) is 25.0. The summed E-state index contributed by atoms with van der Waals surface area (Å²) in [7, 11) is 0. The van der Waals surface area contributed by atoms with Crippen LogP contribution < -0.4 is 16.0 Å². The number of hydrogen-bond acceptors (Lipinski definition) is 5. The molecule has 7 heteroatoms. The van der Waals surface area contributed by atoms with Gasteiger partial charge in [0.2, 0.25) is 0 Å². The second-order valence-electron chi connectivity index (χ2n) is 5.55. The molecule has 3 N–H and O–H groups in total. The minimum Gasteiger partial charge on any atom is -0.459 e. The molecule has 0 fully saturated rings. The van der Waals surface area contributed by atoms with Crippen LogP contribution in [0.1, 0.15) is 32.2 Å². The highest BCUT2D eigenvalue weighted by molar-refractivity contribution is 7.18. The predicted molar refractivity (Wildman–Crippen MR) is 93.6 cm³/mol. The van der Waals surface area contributed by atoms with E-state index in [0.717, 1.165) is 25.1 Å². The predicted octanol–water partition coefficient (Wildman–Crippen LogP) is 2.55. The molecule has 1 aliphatic heterocycles. The van der Waals surface area contributed by atoms with Crippen LogP contribution in [0.5, 0.6) is 0 Å². The molecule has 0 bridgehead atoms. The van der Waals surface area contributed by atoms with Crippen molar-refractivity contribution < 1.29 is 14.0 Å². The number of thiophene rings is 1. The molecule has 24 heavy (non-hydrogen) atoms. The molecule has 0 saturated heterocycles. The maximum Gasteiger partial charge on any atom is 0.291 e. The number of carbonyl (C=O) groups is 2. The molecule has 0 unspecified atom stereocenters. The Balaban J connectivity index is 1.61. The number of aryl methyl sites for hydroxylation is 1. The lowest BCUT2D eigenvalue weighted by atomic mass is 10.1. The van der Waals surface area contributed by atoms with Crippen molar-refractivity contribution in [2.75, 3.05) is 25.0 Å². The zero-order chi connectivity index (χ0) is 16.9. The van der Waals surface area contributed by atoms with Crippen LogP contribution >= 0.6 is 11.3 Å². The molecule has 2 aromatic rings. The quantitative estimate of drug-likeness (QED) is 0.727. The van der Waals surface area contributed by atoms with Crippen molar-refractivity contribution in [3.63, 3.8) is 0 Å². The molecule has 2 aromatic heterocycles. The maximum absolute atomic E-state index is 12.4. The van der Waals surface area contributed by atoms with Gasteiger partial charge in [0.15, 0.2) is 5.76 Å². The fourth-order valence-corrected chi connectivity index (χ4v) is 3.44. The lowest BCUT2D eigenvalue weighted by Gasteiger charge is -2.14. The molecule has 6 nitrogen and oxygen atoms in total. The van der Waals surface area contributed by atoms with Gasteiger partial charge in [-0.25, -0.2) is 0 Å². The van der Waals surface area contributed by atoms with Gasteiger partial charge in [0, 0.05) is 13.1 Å². The molecule has 0 spiro atoms. The first-order valence-corrected chi connectivity index (χ1v) is 8.57. The maximum atomic E-state index is 12.4. The van der Waals surface area contributed by atoms with Gasteiger partial charge < -0.3 is 20.4 Å². The molecule has 1 aliphatic rings. The summed E-state index contributed by atoms with van der Waals surface area (Å²) in [6.45, 7) is 4.22.